The van der Waals surface area contributed by atoms with E-state index >= 15 is 0 Å². The predicted octanol–water partition coefficient (Wildman–Crippen LogP) is -0.160. The molecule has 0 nitrogen and oxygen atoms in total. The van der Waals surface area contributed by atoms with Crippen molar-refractivity contribution in [3.8, 4) is 0 Å². The van der Waals surface area contributed by atoms with E-state index in [1.165, 1.54) is 0 Å². The number of thiol groups is 1. The molecule has 24 valence electrons. The molecule has 0 aromatic carbocycles. The van der Waals surface area contributed by atoms with Crippen molar-refractivity contribution in [3.63, 3.8) is 0 Å². The average Bonchev–Trinajstić information content (AvgIpc) is 0.811. The first-order valence-corrected chi connectivity index (χ1v) is 4.30. The van der Waals surface area contributed by atoms with Gasteiger partial charge in [0.05, 0.1) is 0 Å². The molecule has 0 aliphatic heterocycles. The Bertz CT molecular complexity index is 56.4. The van der Waals surface area contributed by atoms with Crippen LogP contribution in [-0.2, 0) is 9.50 Å². The molecule has 0 N–H and O–H groups in total. The zero-order valence-corrected chi connectivity index (χ0v) is 4.55. The standard InChI is InChI=1S/CH6BPS/c1-4(2)3/h2-4H,1H3. The molecule has 1 unspecified atom stereocenters. The third kappa shape index (κ3) is 15.6. The summed E-state index contributed by atoms with van der Waals surface area (Å²) >= 11 is 0. The number of rotatable bonds is 0. The van der Waals surface area contributed by atoms with Crippen LogP contribution in [0.1, 0.15) is 0 Å². The summed E-state index contributed by atoms with van der Waals surface area (Å²) in [6.45, 7) is 3.62. The van der Waals surface area contributed by atoms with Crippen LogP contribution in [0.3, 0.4) is 0 Å². The van der Waals surface area contributed by atoms with Crippen LogP contribution >= 0.6 is 8.02 Å². The van der Waals surface area contributed by atoms with Crippen molar-refractivity contribution in [1.82, 2.24) is 0 Å². The van der Waals surface area contributed by atoms with Crippen molar-refractivity contribution in [2.24, 2.45) is 0 Å². The second-order valence-corrected chi connectivity index (χ2v) is 4.38. The summed E-state index contributed by atoms with van der Waals surface area (Å²) in [4.78, 5) is 0. The van der Waals surface area contributed by atoms with Gasteiger partial charge in [0.1, 0.15) is 0 Å². The molecular formula is CH6BPS. The normalized spacial score (nSPS) is 15.0. The first kappa shape index (κ1) is 4.71. The van der Waals surface area contributed by atoms with E-state index in [2.05, 4.69) is 14.7 Å². The third-order valence-corrected chi connectivity index (χ3v) is 0. The van der Waals surface area contributed by atoms with Crippen molar-refractivity contribution in [3.05, 3.63) is 0 Å². The first-order chi connectivity index (χ1) is 1.73. The Morgan fingerprint density at radius 2 is 2.00 bits per heavy atom. The Morgan fingerprint density at radius 3 is 2.00 bits per heavy atom. The molecule has 0 saturated carbocycles. The summed E-state index contributed by atoms with van der Waals surface area (Å²) in [5.41, 5.74) is 0. The molecule has 0 radical (unpaired) electrons. The fourth-order valence-corrected chi connectivity index (χ4v) is 0. The molecule has 0 bridgehead atoms. The van der Waals surface area contributed by atoms with Gasteiger partial charge in [0, 0.05) is 0 Å². The quantitative estimate of drug-likeness (QED) is 0.239. The van der Waals surface area contributed by atoms with Crippen molar-refractivity contribution < 1.29 is 0 Å². The second-order valence-electron chi connectivity index (χ2n) is 0.698. The van der Waals surface area contributed by atoms with E-state index in [4.69, 9.17) is 0 Å². The molecule has 0 aromatic heterocycles. The Morgan fingerprint density at radius 1 is 2.00 bits per heavy atom. The van der Waals surface area contributed by atoms with E-state index in [1.807, 2.05) is 6.26 Å². The van der Waals surface area contributed by atoms with Gasteiger partial charge in [-0.25, -0.2) is 0 Å². The summed E-state index contributed by atoms with van der Waals surface area (Å²) in [5.74, 6) is 0. The van der Waals surface area contributed by atoms with Crippen molar-refractivity contribution in [1.29, 1.82) is 0 Å². The van der Waals surface area contributed by atoms with Gasteiger partial charge in [-0.1, -0.05) is 0 Å². The van der Waals surface area contributed by atoms with Crippen LogP contribution in [0, 0.1) is 0 Å². The molecular weight excluding hydrogens is 85.9 g/mol. The van der Waals surface area contributed by atoms with Gasteiger partial charge in [0.15, 0.2) is 0 Å². The van der Waals surface area contributed by atoms with Crippen LogP contribution in [0.15, 0.2) is 0 Å². The SMILES string of the molecule is B=[SH](C)=P. The molecule has 0 aromatic rings. The van der Waals surface area contributed by atoms with E-state index in [0.29, 0.717) is 0 Å². The van der Waals surface area contributed by atoms with Gasteiger partial charge in [-0.2, -0.15) is 0 Å². The summed E-state index contributed by atoms with van der Waals surface area (Å²) in [6, 6.07) is 0. The van der Waals surface area contributed by atoms with Gasteiger partial charge < -0.3 is 0 Å². The fraction of sp³-hybridized carbons (Fsp3) is 1.00. The Labute approximate surface area is 31.3 Å². The van der Waals surface area contributed by atoms with E-state index in [-0.39, 0.29) is 9.50 Å². The maximum atomic E-state index is 3.62. The second kappa shape index (κ2) is 1.98. The van der Waals surface area contributed by atoms with E-state index in [9.17, 15) is 0 Å². The van der Waals surface area contributed by atoms with Crippen LogP contribution in [0.2, 0.25) is 0 Å². The van der Waals surface area contributed by atoms with Gasteiger partial charge in [0.25, 0.3) is 0 Å². The van der Waals surface area contributed by atoms with E-state index < -0.39 is 0 Å². The van der Waals surface area contributed by atoms with Gasteiger partial charge >= 0.3 is 30.5 Å². The Balaban J connectivity index is 3.51. The molecule has 0 aliphatic rings. The summed E-state index contributed by atoms with van der Waals surface area (Å²) < 4.78 is 0. The molecule has 3 heteroatoms. The average molecular weight is 91.9 g/mol. The molecule has 0 amide bonds. The number of hydrogen-bond acceptors (Lipinski definition) is 0. The van der Waals surface area contributed by atoms with Crippen LogP contribution < -0.4 is 0 Å². The third-order valence-electron chi connectivity index (χ3n) is 0. The zero-order valence-electron chi connectivity index (χ0n) is 2.65. The Hall–Kier alpha value is 0.715. The van der Waals surface area contributed by atoms with Crippen molar-refractivity contribution in [2.75, 3.05) is 6.26 Å². The van der Waals surface area contributed by atoms with E-state index in [1.54, 1.807) is 0 Å². The first-order valence-electron chi connectivity index (χ1n) is 0.987. The molecule has 0 spiro atoms. The topological polar surface area (TPSA) is 0 Å². The molecule has 0 fully saturated rings. The Kier molecular flexibility index (Phi) is 2.34. The minimum absolute atomic E-state index is 0.0648. The molecule has 0 heterocycles. The summed E-state index contributed by atoms with van der Waals surface area (Å²) in [5, 5.41) is 0. The monoisotopic (exact) mass is 92.0 g/mol. The maximum absolute atomic E-state index is 3.62. The zero-order chi connectivity index (χ0) is 3.58. The van der Waals surface area contributed by atoms with Gasteiger partial charge in [-0.3, -0.25) is 0 Å². The molecule has 0 aliphatic carbocycles. The molecule has 4 heavy (non-hydrogen) atoms. The van der Waals surface area contributed by atoms with Gasteiger partial charge in [0.2, 0.25) is 0 Å². The van der Waals surface area contributed by atoms with Gasteiger partial charge in [-0.05, 0) is 0 Å². The van der Waals surface area contributed by atoms with E-state index in [0.717, 1.165) is 0 Å². The van der Waals surface area contributed by atoms with Crippen LogP contribution in [0.4, 0.5) is 0 Å². The van der Waals surface area contributed by atoms with Gasteiger partial charge in [-0.15, -0.1) is 0 Å². The fourth-order valence-electron chi connectivity index (χ4n) is 0. The van der Waals surface area contributed by atoms with Crippen LogP contribution in [0.5, 0.6) is 0 Å². The molecule has 0 saturated heterocycles. The summed E-state index contributed by atoms with van der Waals surface area (Å²) in [7, 11) is 3.20. The molecule has 0 rings (SSSR count). The molecule has 1 atom stereocenters. The van der Waals surface area contributed by atoms with Crippen LogP contribution in [0.25, 0.3) is 0 Å². The van der Waals surface area contributed by atoms with Crippen LogP contribution in [-0.4, -0.2) is 13.0 Å². The minimum atomic E-state index is -0.0648. The predicted molar refractivity (Wildman–Crippen MR) is 30.1 cm³/mol. The number of hydrogen-bond donors (Lipinski definition) is 1. The van der Waals surface area contributed by atoms with Crippen molar-refractivity contribution >= 4 is 24.2 Å². The summed E-state index contributed by atoms with van der Waals surface area (Å²) in [6.07, 6.45) is 2.03. The van der Waals surface area contributed by atoms with Crippen molar-refractivity contribution in [2.45, 2.75) is 0 Å².